The van der Waals surface area contributed by atoms with Crippen molar-refractivity contribution >= 4 is 0 Å². The molecule has 0 spiro atoms. The number of hydrogen-bond acceptors (Lipinski definition) is 0. The van der Waals surface area contributed by atoms with Crippen LogP contribution in [-0.4, -0.2) is 0 Å². The summed E-state index contributed by atoms with van der Waals surface area (Å²) in [5.41, 5.74) is 2.75. The number of rotatable bonds is 0. The molecule has 0 heteroatoms. The van der Waals surface area contributed by atoms with Crippen LogP contribution in [0.4, 0.5) is 0 Å². The highest BCUT2D eigenvalue weighted by atomic mass is 14.3. The van der Waals surface area contributed by atoms with Crippen molar-refractivity contribution in [3.8, 4) is 0 Å². The third kappa shape index (κ3) is 77.9. The predicted molar refractivity (Wildman–Crippen MR) is 164 cm³/mol. The second kappa shape index (κ2) is 21.5. The summed E-state index contributed by atoms with van der Waals surface area (Å²) in [5, 5.41) is 0. The normalized spacial score (nSPS) is 11.2. The van der Waals surface area contributed by atoms with E-state index in [4.69, 9.17) is 0 Å². The molecule has 32 heavy (non-hydrogen) atoms. The van der Waals surface area contributed by atoms with E-state index < -0.39 is 0 Å². The van der Waals surface area contributed by atoms with E-state index in [1.807, 2.05) is 27.7 Å². The predicted octanol–water partition coefficient (Wildman–Crippen LogP) is 13.6. The van der Waals surface area contributed by atoms with Crippen molar-refractivity contribution in [2.24, 2.45) is 32.5 Å². The summed E-state index contributed by atoms with van der Waals surface area (Å²) in [4.78, 5) is 0. The Morgan fingerprint density at radius 2 is 0.250 bits per heavy atom. The SMILES string of the molecule is C.C.CC.CC.CC(C)(C)C.CC(C)(C)C.CC(C)(C)C(C)(C)C.CC(C)(C)C(C)(C)C. The first-order valence-electron chi connectivity index (χ1n) is 12.5. The maximum absolute atomic E-state index is 2.27. The van der Waals surface area contributed by atoms with Gasteiger partial charge in [0.15, 0.2) is 0 Å². The molecule has 0 aliphatic rings. The van der Waals surface area contributed by atoms with Gasteiger partial charge in [0.05, 0.1) is 0 Å². The van der Waals surface area contributed by atoms with Gasteiger partial charge in [0, 0.05) is 0 Å². The van der Waals surface area contributed by atoms with Gasteiger partial charge in [0.2, 0.25) is 0 Å². The highest BCUT2D eigenvalue weighted by molar-refractivity contribution is 4.77. The summed E-state index contributed by atoms with van der Waals surface area (Å²) in [7, 11) is 0. The van der Waals surface area contributed by atoms with Crippen LogP contribution in [0.3, 0.4) is 0 Å². The summed E-state index contributed by atoms with van der Waals surface area (Å²) in [6, 6.07) is 0. The van der Waals surface area contributed by atoms with Gasteiger partial charge in [-0.2, -0.15) is 0 Å². The lowest BCUT2D eigenvalue weighted by Crippen LogP contribution is -2.25. The largest absolute Gasteiger partial charge is 0.0776 e. The molecule has 0 saturated carbocycles. The molecule has 208 valence electrons. The van der Waals surface area contributed by atoms with Crippen molar-refractivity contribution in [3.63, 3.8) is 0 Å². The Labute approximate surface area is 213 Å². The molecule has 0 rings (SSSR count). The van der Waals surface area contributed by atoms with Crippen LogP contribution in [0.2, 0.25) is 0 Å². The Morgan fingerprint density at radius 3 is 0.250 bits per heavy atom. The molecule has 0 aliphatic carbocycles. The van der Waals surface area contributed by atoms with Crippen molar-refractivity contribution in [3.05, 3.63) is 0 Å². The molecule has 0 aromatic heterocycles. The second-order valence-corrected chi connectivity index (χ2v) is 15.0. The van der Waals surface area contributed by atoms with Crippen LogP contribution in [0.5, 0.6) is 0 Å². The second-order valence-electron chi connectivity index (χ2n) is 15.0. The van der Waals surface area contributed by atoms with Crippen molar-refractivity contribution < 1.29 is 0 Å². The smallest absolute Gasteiger partial charge is 0.0334 e. The highest BCUT2D eigenvalue weighted by Gasteiger charge is 2.27. The molecular weight excluding hydrogens is 384 g/mol. The van der Waals surface area contributed by atoms with E-state index in [0.29, 0.717) is 32.5 Å². The molecule has 0 bridgehead atoms. The lowest BCUT2D eigenvalue weighted by atomic mass is 9.71. The molecule has 0 saturated heterocycles. The van der Waals surface area contributed by atoms with Crippen LogP contribution in [-0.2, 0) is 0 Å². The van der Waals surface area contributed by atoms with Crippen molar-refractivity contribution in [2.45, 2.75) is 181 Å². The molecule has 0 aromatic rings. The first-order valence-corrected chi connectivity index (χ1v) is 12.5. The Morgan fingerprint density at radius 1 is 0.219 bits per heavy atom. The van der Waals surface area contributed by atoms with Gasteiger partial charge in [-0.05, 0) is 32.5 Å². The lowest BCUT2D eigenvalue weighted by molar-refractivity contribution is 0.157. The zero-order chi connectivity index (χ0) is 27.0. The topological polar surface area (TPSA) is 0 Å². The minimum absolute atomic E-state index is 0. The summed E-state index contributed by atoms with van der Waals surface area (Å²) in [6.45, 7) is 52.8. The molecular formula is C32H80. The zero-order valence-electron chi connectivity index (χ0n) is 27.0. The van der Waals surface area contributed by atoms with E-state index in [1.165, 1.54) is 0 Å². The average molecular weight is 465 g/mol. The molecule has 0 amide bonds. The van der Waals surface area contributed by atoms with Gasteiger partial charge >= 0.3 is 0 Å². The van der Waals surface area contributed by atoms with Crippen LogP contribution in [0.1, 0.15) is 181 Å². The molecule has 0 atom stereocenters. The van der Waals surface area contributed by atoms with Gasteiger partial charge in [0.1, 0.15) is 0 Å². The quantitative estimate of drug-likeness (QED) is 0.334. The Bertz CT molecular complexity index is 243. The van der Waals surface area contributed by atoms with E-state index >= 15 is 0 Å². The summed E-state index contributed by atoms with van der Waals surface area (Å²) in [6.07, 6.45) is 0. The minimum atomic E-state index is 0. The lowest BCUT2D eigenvalue weighted by Gasteiger charge is -2.34. The molecule has 0 nitrogen and oxygen atoms in total. The van der Waals surface area contributed by atoms with Crippen molar-refractivity contribution in [2.75, 3.05) is 0 Å². The van der Waals surface area contributed by atoms with E-state index in [-0.39, 0.29) is 14.9 Å². The Kier molecular flexibility index (Phi) is 35.9. The molecule has 0 aromatic carbocycles. The van der Waals surface area contributed by atoms with Crippen LogP contribution < -0.4 is 0 Å². The fraction of sp³-hybridized carbons (Fsp3) is 1.00. The van der Waals surface area contributed by atoms with E-state index in [2.05, 4.69) is 138 Å². The van der Waals surface area contributed by atoms with Crippen LogP contribution in [0.15, 0.2) is 0 Å². The third-order valence-corrected chi connectivity index (χ3v) is 4.50. The monoisotopic (exact) mass is 465 g/mol. The fourth-order valence-electron chi connectivity index (χ4n) is 0. The Balaban J connectivity index is -0.0000000379. The maximum Gasteiger partial charge on any atom is -0.0334 e. The summed E-state index contributed by atoms with van der Waals surface area (Å²) >= 11 is 0. The molecule has 0 radical (unpaired) electrons. The van der Waals surface area contributed by atoms with Crippen LogP contribution >= 0.6 is 0 Å². The highest BCUT2D eigenvalue weighted by Crippen LogP contribution is 2.37. The average Bonchev–Trinajstić information content (AvgIpc) is 2.35. The standard InChI is InChI=1S/2C8H18.2C5H12.2C2H6.2CH4/c2*1-7(2,3)8(4,5)6;2*1-5(2,3)4;2*1-2;;/h2*1-6H3;2*1-4H3;2*1-2H3;2*1H4. The van der Waals surface area contributed by atoms with Crippen LogP contribution in [0.25, 0.3) is 0 Å². The molecule has 0 heterocycles. The molecule has 0 fully saturated rings. The first-order chi connectivity index (χ1) is 12.5. The molecule has 0 N–H and O–H groups in total. The van der Waals surface area contributed by atoms with Gasteiger partial charge in [-0.25, -0.2) is 0 Å². The van der Waals surface area contributed by atoms with Gasteiger partial charge in [0.25, 0.3) is 0 Å². The summed E-state index contributed by atoms with van der Waals surface area (Å²) in [5.74, 6) is 0. The van der Waals surface area contributed by atoms with Gasteiger partial charge < -0.3 is 0 Å². The van der Waals surface area contributed by atoms with E-state index in [0.717, 1.165) is 0 Å². The van der Waals surface area contributed by atoms with Crippen molar-refractivity contribution in [1.82, 2.24) is 0 Å². The van der Waals surface area contributed by atoms with E-state index in [1.54, 1.807) is 0 Å². The molecule has 0 unspecified atom stereocenters. The summed E-state index contributed by atoms with van der Waals surface area (Å²) < 4.78 is 0. The van der Waals surface area contributed by atoms with Crippen molar-refractivity contribution in [1.29, 1.82) is 0 Å². The fourth-order valence-corrected chi connectivity index (χ4v) is 0. The first kappa shape index (κ1) is 53.4. The van der Waals surface area contributed by atoms with Gasteiger partial charge in [-0.3, -0.25) is 0 Å². The van der Waals surface area contributed by atoms with Gasteiger partial charge in [-0.15, -0.1) is 0 Å². The van der Waals surface area contributed by atoms with E-state index in [9.17, 15) is 0 Å². The zero-order valence-corrected chi connectivity index (χ0v) is 27.0. The van der Waals surface area contributed by atoms with Crippen LogP contribution in [0, 0.1) is 32.5 Å². The van der Waals surface area contributed by atoms with Gasteiger partial charge in [-0.1, -0.05) is 181 Å². The third-order valence-electron chi connectivity index (χ3n) is 4.50. The maximum atomic E-state index is 2.27. The molecule has 0 aliphatic heterocycles. The Hall–Kier alpha value is 0. The minimum Gasteiger partial charge on any atom is -0.0776 e. The number of hydrogen-bond donors (Lipinski definition) is 0.